The van der Waals surface area contributed by atoms with Crippen LogP contribution in [-0.2, 0) is 34.8 Å². The number of rotatable bonds is 11. The summed E-state index contributed by atoms with van der Waals surface area (Å²) in [6.07, 6.45) is -5.59. The van der Waals surface area contributed by atoms with Crippen molar-refractivity contribution >= 4 is 55.2 Å². The predicted molar refractivity (Wildman–Crippen MR) is 152 cm³/mol. The van der Waals surface area contributed by atoms with Gasteiger partial charge in [0.05, 0.1) is 13.2 Å². The number of aliphatic hydroxyl groups excluding tert-OH is 1. The molecule has 222 valence electrons. The molecule has 13 heteroatoms. The lowest BCUT2D eigenvalue weighted by atomic mass is 9.97. The van der Waals surface area contributed by atoms with Crippen LogP contribution in [0.5, 0.6) is 0 Å². The van der Waals surface area contributed by atoms with Crippen LogP contribution in [0.25, 0.3) is 0 Å². The Labute approximate surface area is 246 Å². The van der Waals surface area contributed by atoms with Crippen LogP contribution in [0.3, 0.4) is 0 Å². The number of nitrogens with one attached hydrogen (secondary N) is 1. The fourth-order valence-corrected chi connectivity index (χ4v) is 6.61. The highest BCUT2D eigenvalue weighted by Crippen LogP contribution is 2.46. The number of amides is 1. The minimum Gasteiger partial charge on any atom is -0.457 e. The Morgan fingerprint density at radius 1 is 1.15 bits per heavy atom. The second-order valence-corrected chi connectivity index (χ2v) is 18.0. The zero-order valence-corrected chi connectivity index (χ0v) is 26.7. The second kappa shape index (κ2) is 14.2. The lowest BCUT2D eigenvalue weighted by Gasteiger charge is -2.49. The molecule has 2 rings (SSSR count). The van der Waals surface area contributed by atoms with E-state index in [0.29, 0.717) is 0 Å². The monoisotopic (exact) mass is 627 g/mol. The van der Waals surface area contributed by atoms with Crippen molar-refractivity contribution in [3.63, 3.8) is 0 Å². The van der Waals surface area contributed by atoms with Crippen molar-refractivity contribution in [3.05, 3.63) is 35.9 Å². The van der Waals surface area contributed by atoms with Gasteiger partial charge in [0.1, 0.15) is 24.9 Å². The Morgan fingerprint density at radius 3 is 2.31 bits per heavy atom. The summed E-state index contributed by atoms with van der Waals surface area (Å²) in [6, 6.07) is 8.39. The molecule has 9 nitrogen and oxygen atoms in total. The van der Waals surface area contributed by atoms with Gasteiger partial charge in [-0.15, -0.1) is 0 Å². The summed E-state index contributed by atoms with van der Waals surface area (Å²) in [4.78, 5) is 24.7. The Balaban J connectivity index is 2.34. The molecular formula is C26H40Cl3NO8Si. The van der Waals surface area contributed by atoms with Gasteiger partial charge in [-0.05, 0) is 29.6 Å². The molecule has 5 atom stereocenters. The van der Waals surface area contributed by atoms with E-state index in [1.807, 2.05) is 43.4 Å². The molecule has 1 heterocycles. The predicted octanol–water partition coefficient (Wildman–Crippen LogP) is 5.34. The first-order valence-corrected chi connectivity index (χ1v) is 16.8. The minimum absolute atomic E-state index is 0.0202. The van der Waals surface area contributed by atoms with E-state index in [4.69, 9.17) is 58.2 Å². The van der Waals surface area contributed by atoms with Gasteiger partial charge in [0.25, 0.3) is 0 Å². The topological polar surface area (TPSA) is 113 Å². The van der Waals surface area contributed by atoms with Crippen LogP contribution in [0, 0.1) is 5.92 Å². The first kappa shape index (κ1) is 34.1. The second-order valence-electron chi connectivity index (χ2n) is 11.0. The first-order valence-electron chi connectivity index (χ1n) is 12.7. The number of carbonyl (C=O) groups is 2. The number of carbonyl (C=O) groups excluding carboxylic acids is 2. The van der Waals surface area contributed by atoms with E-state index in [1.54, 1.807) is 0 Å². The summed E-state index contributed by atoms with van der Waals surface area (Å²) in [5.41, 5.74) is 0.940. The normalized spacial score (nSPS) is 24.4. The minimum atomic E-state index is -2.57. The standard InChI is InChI=1S/C26H40Cl3NO8Si/c1-16(2)25(4,5)39(6,7)38-23-20(30-24(33)35-15-26(27,28)29)22(36-17(3)31)21(32)19(37-23)14-34-13-18-11-9-8-10-12-18/h8-12,16,19-23,32H,13-15H2,1-7H3,(H,30,33)/t19-,20-,21-,22-,23+/m1/s1. The number of ether oxygens (including phenoxy) is 4. The summed E-state index contributed by atoms with van der Waals surface area (Å²) < 4.78 is 27.4. The van der Waals surface area contributed by atoms with Gasteiger partial charge in [-0.25, -0.2) is 4.79 Å². The first-order chi connectivity index (χ1) is 17.9. The molecule has 2 N–H and O–H groups in total. The van der Waals surface area contributed by atoms with Gasteiger partial charge < -0.3 is 33.8 Å². The number of benzene rings is 1. The molecule has 1 amide bonds. The Bertz CT molecular complexity index is 945. The third kappa shape index (κ3) is 10.0. The summed E-state index contributed by atoms with van der Waals surface area (Å²) >= 11 is 17.1. The Hall–Kier alpha value is -1.11. The maximum Gasteiger partial charge on any atom is 0.407 e. The van der Waals surface area contributed by atoms with E-state index in [2.05, 4.69) is 33.0 Å². The Kier molecular flexibility index (Phi) is 12.4. The van der Waals surface area contributed by atoms with Crippen molar-refractivity contribution in [2.45, 2.75) is 93.8 Å². The molecule has 1 saturated heterocycles. The van der Waals surface area contributed by atoms with Gasteiger partial charge in [0.2, 0.25) is 3.79 Å². The molecule has 1 aromatic carbocycles. The van der Waals surface area contributed by atoms with Gasteiger partial charge in [0, 0.05) is 6.92 Å². The summed E-state index contributed by atoms with van der Waals surface area (Å²) in [5, 5.41) is 13.6. The Morgan fingerprint density at radius 2 is 1.77 bits per heavy atom. The molecule has 0 spiro atoms. The van der Waals surface area contributed by atoms with E-state index in [-0.39, 0.29) is 24.2 Å². The molecule has 1 aliphatic rings. The highest BCUT2D eigenvalue weighted by molar-refractivity contribution is 6.74. The van der Waals surface area contributed by atoms with Crippen LogP contribution in [-0.4, -0.2) is 73.1 Å². The summed E-state index contributed by atoms with van der Waals surface area (Å²) in [6.45, 7) is 13.5. The largest absolute Gasteiger partial charge is 0.457 e. The quantitative estimate of drug-likeness (QED) is 0.192. The molecule has 0 aromatic heterocycles. The van der Waals surface area contributed by atoms with Crippen molar-refractivity contribution in [2.24, 2.45) is 5.92 Å². The van der Waals surface area contributed by atoms with Crippen LogP contribution in [0.4, 0.5) is 4.79 Å². The molecule has 0 unspecified atom stereocenters. The number of alkyl carbamates (subject to hydrolysis) is 1. The highest BCUT2D eigenvalue weighted by Gasteiger charge is 2.53. The molecular weight excluding hydrogens is 589 g/mol. The van der Waals surface area contributed by atoms with Crippen molar-refractivity contribution in [1.82, 2.24) is 5.32 Å². The van der Waals surface area contributed by atoms with Gasteiger partial charge in [-0.1, -0.05) is 92.8 Å². The average Bonchev–Trinajstić information content (AvgIpc) is 2.82. The van der Waals surface area contributed by atoms with Crippen LogP contribution in [0.15, 0.2) is 30.3 Å². The van der Waals surface area contributed by atoms with E-state index in [0.717, 1.165) is 5.56 Å². The van der Waals surface area contributed by atoms with Crippen molar-refractivity contribution < 1.29 is 38.1 Å². The molecule has 1 fully saturated rings. The van der Waals surface area contributed by atoms with Crippen LogP contribution < -0.4 is 5.32 Å². The lowest BCUT2D eigenvalue weighted by Crippen LogP contribution is -2.67. The lowest BCUT2D eigenvalue weighted by molar-refractivity contribution is -0.255. The van der Waals surface area contributed by atoms with Gasteiger partial charge in [-0.3, -0.25) is 4.79 Å². The summed E-state index contributed by atoms with van der Waals surface area (Å²) in [5.74, 6) is -0.396. The maximum absolute atomic E-state index is 12.7. The molecule has 0 bridgehead atoms. The zero-order chi connectivity index (χ0) is 29.6. The average molecular weight is 629 g/mol. The number of hydrogen-bond donors (Lipinski definition) is 2. The van der Waals surface area contributed by atoms with Crippen molar-refractivity contribution in [1.29, 1.82) is 0 Å². The van der Waals surface area contributed by atoms with E-state index in [1.165, 1.54) is 6.92 Å². The number of aliphatic hydroxyl groups is 1. The fourth-order valence-electron chi connectivity index (χ4n) is 3.97. The number of esters is 1. The third-order valence-corrected chi connectivity index (χ3v) is 12.3. The van der Waals surface area contributed by atoms with E-state index >= 15 is 0 Å². The molecule has 1 aromatic rings. The molecule has 0 aliphatic carbocycles. The van der Waals surface area contributed by atoms with Crippen molar-refractivity contribution in [3.8, 4) is 0 Å². The van der Waals surface area contributed by atoms with Crippen molar-refractivity contribution in [2.75, 3.05) is 13.2 Å². The van der Waals surface area contributed by atoms with Gasteiger partial charge in [0.15, 0.2) is 20.7 Å². The zero-order valence-electron chi connectivity index (χ0n) is 23.4. The van der Waals surface area contributed by atoms with Crippen LogP contribution in [0.1, 0.15) is 40.2 Å². The molecule has 0 radical (unpaired) electrons. The number of halogens is 3. The van der Waals surface area contributed by atoms with Gasteiger partial charge in [-0.2, -0.15) is 0 Å². The number of hydrogen-bond acceptors (Lipinski definition) is 8. The molecule has 1 aliphatic heterocycles. The number of alkyl halides is 3. The molecule has 0 saturated carbocycles. The highest BCUT2D eigenvalue weighted by atomic mass is 35.6. The van der Waals surface area contributed by atoms with Gasteiger partial charge >= 0.3 is 12.1 Å². The van der Waals surface area contributed by atoms with E-state index < -0.39 is 61.4 Å². The third-order valence-electron chi connectivity index (χ3n) is 7.43. The smallest absolute Gasteiger partial charge is 0.407 e. The maximum atomic E-state index is 12.7. The SMILES string of the molecule is CC(=O)O[C@H]1[C@H](O)[C@@H](COCc2ccccc2)O[C@@H](O[Si](C)(C)C(C)(C)C(C)C)[C@@H]1NC(=O)OCC(Cl)(Cl)Cl. The van der Waals surface area contributed by atoms with E-state index in [9.17, 15) is 14.7 Å². The van der Waals surface area contributed by atoms with Crippen LogP contribution >= 0.6 is 34.8 Å². The molecule has 39 heavy (non-hydrogen) atoms. The van der Waals surface area contributed by atoms with Crippen LogP contribution in [0.2, 0.25) is 18.1 Å². The fraction of sp³-hybridized carbons (Fsp3) is 0.692. The summed E-state index contributed by atoms with van der Waals surface area (Å²) in [7, 11) is -2.57.